The van der Waals surface area contributed by atoms with Crippen LogP contribution in [-0.2, 0) is 4.79 Å². The van der Waals surface area contributed by atoms with E-state index in [4.69, 9.17) is 9.97 Å². The van der Waals surface area contributed by atoms with E-state index in [1.165, 1.54) is 17.5 Å². The molecular formula is C24H29N5OS. The Morgan fingerprint density at radius 2 is 1.71 bits per heavy atom. The maximum Gasteiger partial charge on any atom is 0.236 e. The van der Waals surface area contributed by atoms with Gasteiger partial charge in [-0.2, -0.15) is 0 Å². The Balaban J connectivity index is 1.34. The number of hydrogen-bond donors (Lipinski definition) is 0. The van der Waals surface area contributed by atoms with Gasteiger partial charge in [0.05, 0.1) is 11.9 Å². The first kappa shape index (κ1) is 20.4. The fourth-order valence-electron chi connectivity index (χ4n) is 4.64. The van der Waals surface area contributed by atoms with Crippen LogP contribution in [0.3, 0.4) is 0 Å². The van der Waals surface area contributed by atoms with Crippen molar-refractivity contribution in [3.63, 3.8) is 0 Å². The van der Waals surface area contributed by atoms with Gasteiger partial charge in [0.2, 0.25) is 5.91 Å². The van der Waals surface area contributed by atoms with Crippen LogP contribution < -0.4 is 4.90 Å². The zero-order chi connectivity index (χ0) is 21.2. The number of rotatable bonds is 4. The third-order valence-electron chi connectivity index (χ3n) is 6.35. The van der Waals surface area contributed by atoms with E-state index in [0.717, 1.165) is 74.0 Å². The Morgan fingerprint density at radius 1 is 0.968 bits per heavy atom. The average Bonchev–Trinajstić information content (AvgIpc) is 3.24. The molecule has 2 aromatic heterocycles. The van der Waals surface area contributed by atoms with E-state index in [0.29, 0.717) is 6.54 Å². The van der Waals surface area contributed by atoms with Crippen LogP contribution in [0.1, 0.15) is 25.1 Å². The van der Waals surface area contributed by atoms with Gasteiger partial charge in [-0.3, -0.25) is 9.69 Å². The molecule has 4 heterocycles. The smallest absolute Gasteiger partial charge is 0.236 e. The maximum atomic E-state index is 12.7. The van der Waals surface area contributed by atoms with Gasteiger partial charge in [-0.25, -0.2) is 9.97 Å². The largest absolute Gasteiger partial charge is 0.353 e. The molecule has 0 N–H and O–H groups in total. The highest BCUT2D eigenvalue weighted by Crippen LogP contribution is 2.38. The summed E-state index contributed by atoms with van der Waals surface area (Å²) in [5.74, 6) is 2.13. The highest BCUT2D eigenvalue weighted by atomic mass is 32.1. The van der Waals surface area contributed by atoms with Crippen LogP contribution in [-0.4, -0.2) is 71.5 Å². The van der Waals surface area contributed by atoms with Crippen molar-refractivity contribution in [3.8, 4) is 11.1 Å². The third kappa shape index (κ3) is 4.29. The number of fused-ring (bicyclic) bond motifs is 1. The summed E-state index contributed by atoms with van der Waals surface area (Å²) in [6.45, 7) is 7.89. The van der Waals surface area contributed by atoms with E-state index >= 15 is 0 Å². The van der Waals surface area contributed by atoms with Crippen molar-refractivity contribution in [2.75, 3.05) is 50.7 Å². The van der Waals surface area contributed by atoms with Crippen molar-refractivity contribution < 1.29 is 4.79 Å². The molecule has 2 aliphatic rings. The maximum absolute atomic E-state index is 12.7. The molecule has 0 aliphatic carbocycles. The summed E-state index contributed by atoms with van der Waals surface area (Å²) in [4.78, 5) is 30.0. The topological polar surface area (TPSA) is 52.6 Å². The van der Waals surface area contributed by atoms with Gasteiger partial charge in [-0.05, 0) is 31.7 Å². The predicted molar refractivity (Wildman–Crippen MR) is 127 cm³/mol. The molecule has 0 atom stereocenters. The Hall–Kier alpha value is -2.51. The van der Waals surface area contributed by atoms with Crippen LogP contribution in [0.4, 0.5) is 5.82 Å². The Bertz CT molecular complexity index is 1050. The molecule has 6 nitrogen and oxygen atoms in total. The van der Waals surface area contributed by atoms with Gasteiger partial charge in [0.25, 0.3) is 0 Å². The van der Waals surface area contributed by atoms with Crippen LogP contribution in [0.2, 0.25) is 0 Å². The molecule has 2 fully saturated rings. The number of thiophene rings is 1. The zero-order valence-corrected chi connectivity index (χ0v) is 18.9. The van der Waals surface area contributed by atoms with Crippen molar-refractivity contribution in [2.45, 2.75) is 26.2 Å². The molecule has 2 aliphatic heterocycles. The molecule has 0 bridgehead atoms. The molecule has 31 heavy (non-hydrogen) atoms. The Labute approximate surface area is 187 Å². The molecule has 162 valence electrons. The van der Waals surface area contributed by atoms with Crippen LogP contribution in [0.5, 0.6) is 0 Å². The number of anilines is 1. The number of aromatic nitrogens is 2. The lowest BCUT2D eigenvalue weighted by molar-refractivity contribution is -0.133. The minimum Gasteiger partial charge on any atom is -0.353 e. The number of hydrogen-bond acceptors (Lipinski definition) is 6. The average molecular weight is 436 g/mol. The van der Waals surface area contributed by atoms with Gasteiger partial charge in [-0.15, -0.1) is 11.3 Å². The lowest BCUT2D eigenvalue weighted by Crippen LogP contribution is -2.51. The quantitative estimate of drug-likeness (QED) is 0.624. The van der Waals surface area contributed by atoms with Gasteiger partial charge in [-0.1, -0.05) is 30.3 Å². The van der Waals surface area contributed by atoms with Gasteiger partial charge in [0.1, 0.15) is 16.5 Å². The molecule has 0 saturated carbocycles. The molecule has 0 unspecified atom stereocenters. The first-order valence-electron chi connectivity index (χ1n) is 11.3. The summed E-state index contributed by atoms with van der Waals surface area (Å²) in [5.41, 5.74) is 2.41. The van der Waals surface area contributed by atoms with Crippen LogP contribution in [0.25, 0.3) is 21.3 Å². The summed E-state index contributed by atoms with van der Waals surface area (Å²) in [6.07, 6.45) is 3.54. The van der Waals surface area contributed by atoms with E-state index in [2.05, 4.69) is 39.4 Å². The molecular weight excluding hydrogens is 406 g/mol. The van der Waals surface area contributed by atoms with Crippen molar-refractivity contribution in [2.24, 2.45) is 0 Å². The standard InChI is InChI=1S/C24H29N5OS/c1-18-25-23(22-20(17-31-24(22)26-18)19-8-4-2-5-9-19)29-14-12-27(13-15-29)16-21(30)28-10-6-3-7-11-28/h2,4-5,8-9,17H,3,6-7,10-16H2,1H3. The molecule has 0 spiro atoms. The highest BCUT2D eigenvalue weighted by molar-refractivity contribution is 7.17. The number of carbonyl (C=O) groups is 1. The van der Waals surface area contributed by atoms with E-state index in [9.17, 15) is 4.79 Å². The van der Waals surface area contributed by atoms with Gasteiger partial charge >= 0.3 is 0 Å². The summed E-state index contributed by atoms with van der Waals surface area (Å²) in [6, 6.07) is 10.5. The molecule has 2 saturated heterocycles. The van der Waals surface area contributed by atoms with Gasteiger partial charge in [0, 0.05) is 50.2 Å². The van der Waals surface area contributed by atoms with E-state index in [1.54, 1.807) is 11.3 Å². The SMILES string of the molecule is Cc1nc(N2CCN(CC(=O)N3CCCCC3)CC2)c2c(-c3ccccc3)csc2n1. The molecule has 0 radical (unpaired) electrons. The third-order valence-corrected chi connectivity index (χ3v) is 7.22. The highest BCUT2D eigenvalue weighted by Gasteiger charge is 2.25. The molecule has 1 aromatic carbocycles. The Morgan fingerprint density at radius 3 is 2.45 bits per heavy atom. The number of aryl methyl sites for hydroxylation is 1. The minimum atomic E-state index is 0.289. The van der Waals surface area contributed by atoms with Crippen LogP contribution in [0, 0.1) is 6.92 Å². The second-order valence-corrected chi connectivity index (χ2v) is 9.35. The fraction of sp³-hybridized carbons (Fsp3) is 0.458. The summed E-state index contributed by atoms with van der Waals surface area (Å²) >= 11 is 1.69. The van der Waals surface area contributed by atoms with E-state index in [1.807, 2.05) is 17.9 Å². The molecule has 3 aromatic rings. The van der Waals surface area contributed by atoms with Crippen molar-refractivity contribution in [1.29, 1.82) is 0 Å². The van der Waals surface area contributed by atoms with Crippen molar-refractivity contribution >= 4 is 33.3 Å². The number of amides is 1. The van der Waals surface area contributed by atoms with Gasteiger partial charge in [0.15, 0.2) is 0 Å². The summed E-state index contributed by atoms with van der Waals surface area (Å²) < 4.78 is 0. The molecule has 5 rings (SSSR count). The number of piperazine rings is 1. The van der Waals surface area contributed by atoms with Crippen LogP contribution >= 0.6 is 11.3 Å². The second kappa shape index (κ2) is 8.93. The summed E-state index contributed by atoms with van der Waals surface area (Å²) in [5, 5.41) is 3.35. The number of benzene rings is 1. The minimum absolute atomic E-state index is 0.289. The number of nitrogens with zero attached hydrogens (tertiary/aromatic N) is 5. The van der Waals surface area contributed by atoms with E-state index < -0.39 is 0 Å². The lowest BCUT2D eigenvalue weighted by atomic mass is 10.1. The zero-order valence-electron chi connectivity index (χ0n) is 18.1. The molecule has 1 amide bonds. The molecule has 7 heteroatoms. The Kier molecular flexibility index (Phi) is 5.87. The number of carbonyl (C=O) groups excluding carboxylic acids is 1. The first-order valence-corrected chi connectivity index (χ1v) is 12.1. The summed E-state index contributed by atoms with van der Waals surface area (Å²) in [7, 11) is 0. The number of likely N-dealkylation sites (tertiary alicyclic amines) is 1. The van der Waals surface area contributed by atoms with Crippen LogP contribution in [0.15, 0.2) is 35.7 Å². The lowest BCUT2D eigenvalue weighted by Gasteiger charge is -2.37. The fourth-order valence-corrected chi connectivity index (χ4v) is 5.63. The van der Waals surface area contributed by atoms with Crippen molar-refractivity contribution in [1.82, 2.24) is 19.8 Å². The second-order valence-electron chi connectivity index (χ2n) is 8.49. The van der Waals surface area contributed by atoms with Gasteiger partial charge < -0.3 is 9.80 Å². The van der Waals surface area contributed by atoms with Crippen molar-refractivity contribution in [3.05, 3.63) is 41.5 Å². The normalized spacial score (nSPS) is 18.0. The van der Waals surface area contributed by atoms with E-state index in [-0.39, 0.29) is 5.91 Å². The number of piperidine rings is 1. The predicted octanol–water partition coefficient (Wildman–Crippen LogP) is 3.80. The first-order chi connectivity index (χ1) is 15.2. The monoisotopic (exact) mass is 435 g/mol.